The average Bonchev–Trinajstić information content (AvgIpc) is 2.62. The Bertz CT molecular complexity index is 500. The van der Waals surface area contributed by atoms with Crippen molar-refractivity contribution in [1.82, 2.24) is 0 Å². The summed E-state index contributed by atoms with van der Waals surface area (Å²) in [5.41, 5.74) is 1.81. The van der Waals surface area contributed by atoms with Crippen LogP contribution in [0.5, 0.6) is 0 Å². The van der Waals surface area contributed by atoms with Crippen LogP contribution in [0, 0.1) is 34.0 Å². The summed E-state index contributed by atoms with van der Waals surface area (Å²) < 4.78 is 0. The number of aliphatic hydroxyl groups excluding tert-OH is 2. The highest BCUT2D eigenvalue weighted by Gasteiger charge is 2.66. The molecule has 4 aliphatic carbocycles. The highest BCUT2D eigenvalue weighted by atomic mass is 16.3. The summed E-state index contributed by atoms with van der Waals surface area (Å²) >= 11 is 0. The molecule has 4 aliphatic rings. The van der Waals surface area contributed by atoms with Crippen LogP contribution in [0.2, 0.25) is 0 Å². The number of hydrogen-bond donors (Lipinski definition) is 2. The van der Waals surface area contributed by atoms with Crippen molar-refractivity contribution in [2.24, 2.45) is 34.0 Å². The van der Waals surface area contributed by atoms with E-state index in [4.69, 9.17) is 0 Å². The van der Waals surface area contributed by atoms with Gasteiger partial charge in [-0.1, -0.05) is 32.4 Å². The van der Waals surface area contributed by atoms with Gasteiger partial charge < -0.3 is 10.2 Å². The minimum Gasteiger partial charge on any atom is -0.396 e. The third kappa shape index (κ3) is 1.64. The molecule has 124 valence electrons. The lowest BCUT2D eigenvalue weighted by atomic mass is 9.40. The first-order valence-corrected chi connectivity index (χ1v) is 9.34. The van der Waals surface area contributed by atoms with Crippen molar-refractivity contribution in [2.75, 3.05) is 6.61 Å². The van der Waals surface area contributed by atoms with Gasteiger partial charge in [-0.2, -0.15) is 0 Å². The van der Waals surface area contributed by atoms with Crippen LogP contribution < -0.4 is 0 Å². The lowest BCUT2D eigenvalue weighted by molar-refractivity contribution is -0.191. The predicted octanol–water partition coefficient (Wildman–Crippen LogP) is 3.92. The number of aliphatic hydroxyl groups is 2. The molecule has 0 aliphatic heterocycles. The van der Waals surface area contributed by atoms with Gasteiger partial charge in [-0.25, -0.2) is 0 Å². The Morgan fingerprint density at radius 1 is 1.09 bits per heavy atom. The molecule has 0 heterocycles. The van der Waals surface area contributed by atoms with Crippen LogP contribution in [0.15, 0.2) is 12.2 Å². The van der Waals surface area contributed by atoms with Crippen LogP contribution in [0.1, 0.15) is 65.2 Å². The fourth-order valence-electron chi connectivity index (χ4n) is 7.72. The lowest BCUT2D eigenvalue weighted by Crippen LogP contribution is -2.60. The van der Waals surface area contributed by atoms with Crippen LogP contribution in [-0.4, -0.2) is 22.9 Å². The van der Waals surface area contributed by atoms with Gasteiger partial charge in [0.1, 0.15) is 0 Å². The molecular formula is C20H32O2. The molecule has 0 aromatic heterocycles. The molecule has 0 aromatic carbocycles. The zero-order valence-electron chi connectivity index (χ0n) is 14.3. The molecule has 0 aromatic rings. The van der Waals surface area contributed by atoms with E-state index in [9.17, 15) is 10.2 Å². The molecule has 2 bridgehead atoms. The molecule has 0 saturated heterocycles. The first kappa shape index (κ1) is 15.2. The summed E-state index contributed by atoms with van der Waals surface area (Å²) in [6.07, 6.45) is 9.30. The standard InChI is InChI=1S/C20H32O2/c1-13-11-20-10-7-15-18(2,12-21)8-4-9-19(15,3)16(20)6-5-14(13)17(20)22/h14-17,21-22H,1,4-12H2,2-3H3/t14-,15+,16-,17?,18-,19+,20-/m0/s1. The van der Waals surface area contributed by atoms with E-state index in [-0.39, 0.29) is 16.9 Å². The third-order valence-corrected chi connectivity index (χ3v) is 8.67. The number of fused-ring (bicyclic) bond motifs is 3. The maximum absolute atomic E-state index is 11.0. The maximum atomic E-state index is 11.0. The minimum absolute atomic E-state index is 0.0893. The summed E-state index contributed by atoms with van der Waals surface area (Å²) in [5, 5.41) is 21.1. The van der Waals surface area contributed by atoms with E-state index < -0.39 is 0 Å². The van der Waals surface area contributed by atoms with Crippen LogP contribution in [0.3, 0.4) is 0 Å². The van der Waals surface area contributed by atoms with Crippen molar-refractivity contribution in [3.63, 3.8) is 0 Å². The topological polar surface area (TPSA) is 40.5 Å². The quantitative estimate of drug-likeness (QED) is 0.721. The van der Waals surface area contributed by atoms with E-state index in [1.54, 1.807) is 0 Å². The van der Waals surface area contributed by atoms with Gasteiger partial charge in [0, 0.05) is 17.9 Å². The third-order valence-electron chi connectivity index (χ3n) is 8.67. The SMILES string of the molecule is C=C1C[C@@]23CC[C@@H]4[C@](C)(CO)CCC[C@@]4(C)[C@@H]2CC[C@@H]1C3O. The van der Waals surface area contributed by atoms with E-state index in [0.717, 1.165) is 19.3 Å². The lowest BCUT2D eigenvalue weighted by Gasteiger charge is -2.65. The van der Waals surface area contributed by atoms with Crippen molar-refractivity contribution < 1.29 is 10.2 Å². The molecule has 1 unspecified atom stereocenters. The minimum atomic E-state index is -0.154. The molecule has 7 atom stereocenters. The Kier molecular flexibility index (Phi) is 3.18. The normalized spacial score (nSPS) is 57.4. The molecule has 2 N–H and O–H groups in total. The highest BCUT2D eigenvalue weighted by Crippen LogP contribution is 2.71. The molecule has 4 saturated carbocycles. The molecule has 4 rings (SSSR count). The van der Waals surface area contributed by atoms with Gasteiger partial charge in [-0.3, -0.25) is 0 Å². The Morgan fingerprint density at radius 3 is 2.59 bits per heavy atom. The Morgan fingerprint density at radius 2 is 1.86 bits per heavy atom. The Labute approximate surface area is 135 Å². The number of rotatable bonds is 1. The second-order valence-corrected chi connectivity index (χ2v) is 9.51. The van der Waals surface area contributed by atoms with Crippen molar-refractivity contribution in [1.29, 1.82) is 0 Å². The van der Waals surface area contributed by atoms with Crippen molar-refractivity contribution in [2.45, 2.75) is 71.3 Å². The summed E-state index contributed by atoms with van der Waals surface area (Å²) in [7, 11) is 0. The van der Waals surface area contributed by atoms with E-state index in [1.165, 1.54) is 37.7 Å². The van der Waals surface area contributed by atoms with Gasteiger partial charge in [0.15, 0.2) is 0 Å². The van der Waals surface area contributed by atoms with Crippen LogP contribution >= 0.6 is 0 Å². The van der Waals surface area contributed by atoms with Gasteiger partial charge in [-0.05, 0) is 67.6 Å². The van der Waals surface area contributed by atoms with Crippen molar-refractivity contribution in [3.05, 3.63) is 12.2 Å². The van der Waals surface area contributed by atoms with Gasteiger partial charge >= 0.3 is 0 Å². The van der Waals surface area contributed by atoms with Gasteiger partial charge in [0.05, 0.1) is 6.10 Å². The van der Waals surface area contributed by atoms with Crippen molar-refractivity contribution >= 4 is 0 Å². The van der Waals surface area contributed by atoms with E-state index >= 15 is 0 Å². The molecule has 2 nitrogen and oxygen atoms in total. The first-order chi connectivity index (χ1) is 10.4. The van der Waals surface area contributed by atoms with Crippen molar-refractivity contribution in [3.8, 4) is 0 Å². The zero-order valence-corrected chi connectivity index (χ0v) is 14.3. The molecular weight excluding hydrogens is 272 g/mol. The molecule has 2 heteroatoms. The molecule has 0 amide bonds. The number of hydrogen-bond acceptors (Lipinski definition) is 2. The van der Waals surface area contributed by atoms with Gasteiger partial charge in [-0.15, -0.1) is 0 Å². The van der Waals surface area contributed by atoms with Crippen LogP contribution in [-0.2, 0) is 0 Å². The fourth-order valence-corrected chi connectivity index (χ4v) is 7.72. The summed E-state index contributed by atoms with van der Waals surface area (Å²) in [4.78, 5) is 0. The van der Waals surface area contributed by atoms with Crippen LogP contribution in [0.4, 0.5) is 0 Å². The fraction of sp³-hybridized carbons (Fsp3) is 0.900. The monoisotopic (exact) mass is 304 g/mol. The predicted molar refractivity (Wildman–Crippen MR) is 88.3 cm³/mol. The molecule has 1 spiro atoms. The Hall–Kier alpha value is -0.340. The summed E-state index contributed by atoms with van der Waals surface area (Å²) in [5.74, 6) is 1.60. The summed E-state index contributed by atoms with van der Waals surface area (Å²) in [6, 6.07) is 0. The summed E-state index contributed by atoms with van der Waals surface area (Å²) in [6.45, 7) is 9.43. The molecule has 0 radical (unpaired) electrons. The smallest absolute Gasteiger partial charge is 0.0667 e. The second kappa shape index (κ2) is 4.60. The first-order valence-electron chi connectivity index (χ1n) is 9.34. The maximum Gasteiger partial charge on any atom is 0.0667 e. The average molecular weight is 304 g/mol. The van der Waals surface area contributed by atoms with Crippen LogP contribution in [0.25, 0.3) is 0 Å². The highest BCUT2D eigenvalue weighted by molar-refractivity contribution is 5.25. The van der Waals surface area contributed by atoms with E-state index in [1.807, 2.05) is 0 Å². The zero-order chi connectivity index (χ0) is 15.8. The molecule has 4 fully saturated rings. The van der Waals surface area contributed by atoms with Gasteiger partial charge in [0.2, 0.25) is 0 Å². The van der Waals surface area contributed by atoms with E-state index in [2.05, 4.69) is 20.4 Å². The molecule has 22 heavy (non-hydrogen) atoms. The second-order valence-electron chi connectivity index (χ2n) is 9.51. The largest absolute Gasteiger partial charge is 0.396 e. The van der Waals surface area contributed by atoms with Gasteiger partial charge in [0.25, 0.3) is 0 Å². The van der Waals surface area contributed by atoms with E-state index in [0.29, 0.717) is 29.8 Å². The Balaban J connectivity index is 1.76.